The number of methoxy groups -OCH3 is 1. The molecule has 1 aliphatic heterocycles. The van der Waals surface area contributed by atoms with Crippen LogP contribution in [0.4, 0.5) is 0 Å². The number of carboxylic acid groups (broad SMARTS) is 1. The fourth-order valence-corrected chi connectivity index (χ4v) is 1.15. The highest BCUT2D eigenvalue weighted by Crippen LogP contribution is 2.26. The van der Waals surface area contributed by atoms with Gasteiger partial charge in [-0.1, -0.05) is 0 Å². The summed E-state index contributed by atoms with van der Waals surface area (Å²) in [6.45, 7) is 2.33. The van der Waals surface area contributed by atoms with E-state index in [0.717, 1.165) is 0 Å². The molecule has 0 aromatic carbocycles. The van der Waals surface area contributed by atoms with Crippen LogP contribution in [-0.4, -0.2) is 51.1 Å². The molecular weight excluding hydrogens is 174 g/mol. The minimum atomic E-state index is -0.788. The van der Waals surface area contributed by atoms with Gasteiger partial charge < -0.3 is 19.9 Å². The molecule has 1 fully saturated rings. The summed E-state index contributed by atoms with van der Waals surface area (Å²) in [4.78, 5) is 10.8. The van der Waals surface area contributed by atoms with E-state index in [1.807, 2.05) is 0 Å². The molecule has 0 atom stereocenters. The molecule has 1 saturated heterocycles. The van der Waals surface area contributed by atoms with Crippen LogP contribution >= 0.6 is 0 Å². The molecule has 0 aromatic rings. The van der Waals surface area contributed by atoms with Crippen LogP contribution < -0.4 is 5.32 Å². The van der Waals surface area contributed by atoms with Crippen LogP contribution in [0.1, 0.15) is 0 Å². The zero-order chi connectivity index (χ0) is 9.73. The van der Waals surface area contributed by atoms with Crippen molar-refractivity contribution < 1.29 is 19.4 Å². The maximum atomic E-state index is 10.8. The molecule has 1 aliphatic rings. The summed E-state index contributed by atoms with van der Waals surface area (Å²) in [6.07, 6.45) is 0. The Bertz CT molecular complexity index is 179. The zero-order valence-electron chi connectivity index (χ0n) is 7.71. The van der Waals surface area contributed by atoms with Gasteiger partial charge in [-0.25, -0.2) is 0 Å². The van der Waals surface area contributed by atoms with Crippen molar-refractivity contribution in [2.24, 2.45) is 5.41 Å². The first-order valence-corrected chi connectivity index (χ1v) is 4.22. The summed E-state index contributed by atoms with van der Waals surface area (Å²) in [7, 11) is 1.61. The van der Waals surface area contributed by atoms with Gasteiger partial charge in [-0.15, -0.1) is 0 Å². The Morgan fingerprint density at radius 1 is 1.69 bits per heavy atom. The topological polar surface area (TPSA) is 67.8 Å². The van der Waals surface area contributed by atoms with Crippen LogP contribution in [0.15, 0.2) is 0 Å². The van der Waals surface area contributed by atoms with Crippen LogP contribution in [0.25, 0.3) is 0 Å². The number of rotatable bonds is 6. The minimum absolute atomic E-state index is 0.308. The minimum Gasteiger partial charge on any atom is -0.481 e. The van der Waals surface area contributed by atoms with Crippen molar-refractivity contribution in [1.29, 1.82) is 0 Å². The van der Waals surface area contributed by atoms with Gasteiger partial charge in [0.2, 0.25) is 0 Å². The number of carboxylic acids is 1. The maximum Gasteiger partial charge on any atom is 0.315 e. The van der Waals surface area contributed by atoms with Crippen LogP contribution in [0.5, 0.6) is 0 Å². The molecule has 0 amide bonds. The number of aliphatic carboxylic acids is 1. The van der Waals surface area contributed by atoms with Crippen LogP contribution in [0.2, 0.25) is 0 Å². The molecule has 0 aromatic heterocycles. The molecule has 13 heavy (non-hydrogen) atoms. The van der Waals surface area contributed by atoms with E-state index in [1.54, 1.807) is 7.11 Å². The lowest BCUT2D eigenvalue weighted by Gasteiger charge is -2.37. The van der Waals surface area contributed by atoms with Crippen molar-refractivity contribution >= 4 is 5.97 Å². The monoisotopic (exact) mass is 189 g/mol. The average molecular weight is 189 g/mol. The first kappa shape index (κ1) is 10.4. The van der Waals surface area contributed by atoms with E-state index in [-0.39, 0.29) is 0 Å². The summed E-state index contributed by atoms with van der Waals surface area (Å²) in [5, 5.41) is 11.9. The summed E-state index contributed by atoms with van der Waals surface area (Å²) in [5.74, 6) is -0.788. The van der Waals surface area contributed by atoms with Crippen LogP contribution in [0.3, 0.4) is 0 Å². The Morgan fingerprint density at radius 3 is 2.77 bits per heavy atom. The Kier molecular flexibility index (Phi) is 3.65. The largest absolute Gasteiger partial charge is 0.481 e. The highest BCUT2D eigenvalue weighted by molar-refractivity contribution is 5.76. The lowest BCUT2D eigenvalue weighted by Crippen LogP contribution is -2.55. The molecular formula is C8H15NO4. The average Bonchev–Trinajstić information content (AvgIpc) is 2.01. The van der Waals surface area contributed by atoms with E-state index in [1.165, 1.54) is 0 Å². The predicted molar refractivity (Wildman–Crippen MR) is 45.6 cm³/mol. The molecule has 0 unspecified atom stereocenters. The summed E-state index contributed by atoms with van der Waals surface area (Å²) in [6, 6.07) is 0. The highest BCUT2D eigenvalue weighted by Gasteiger charge is 2.45. The Hall–Kier alpha value is -0.650. The van der Waals surface area contributed by atoms with Crippen molar-refractivity contribution in [2.75, 3.05) is 40.0 Å². The van der Waals surface area contributed by atoms with E-state index < -0.39 is 11.4 Å². The summed E-state index contributed by atoms with van der Waals surface area (Å²) >= 11 is 0. The highest BCUT2D eigenvalue weighted by atomic mass is 16.5. The Labute approximate surface area is 77.0 Å². The van der Waals surface area contributed by atoms with Crippen molar-refractivity contribution in [3.8, 4) is 0 Å². The molecule has 0 aliphatic carbocycles. The number of hydrogen-bond donors (Lipinski definition) is 2. The van der Waals surface area contributed by atoms with E-state index in [4.69, 9.17) is 14.6 Å². The van der Waals surface area contributed by atoms with Gasteiger partial charge in [-0.3, -0.25) is 4.79 Å². The fraction of sp³-hybridized carbons (Fsp3) is 0.875. The SMILES string of the molecule is COCCNCC1(C(=O)O)COC1. The van der Waals surface area contributed by atoms with E-state index in [9.17, 15) is 4.79 Å². The second-order valence-corrected chi connectivity index (χ2v) is 3.25. The van der Waals surface area contributed by atoms with E-state index in [2.05, 4.69) is 5.32 Å². The number of carbonyl (C=O) groups is 1. The summed E-state index contributed by atoms with van der Waals surface area (Å²) < 4.78 is 9.73. The molecule has 5 nitrogen and oxygen atoms in total. The van der Waals surface area contributed by atoms with Gasteiger partial charge in [0.15, 0.2) is 0 Å². The van der Waals surface area contributed by atoms with Gasteiger partial charge in [0.1, 0.15) is 5.41 Å². The maximum absolute atomic E-state index is 10.8. The normalized spacial score (nSPS) is 19.5. The quantitative estimate of drug-likeness (QED) is 0.542. The number of nitrogens with one attached hydrogen (secondary N) is 1. The third-order valence-electron chi connectivity index (χ3n) is 2.16. The molecule has 5 heteroatoms. The zero-order valence-corrected chi connectivity index (χ0v) is 7.71. The Balaban J connectivity index is 2.21. The third-order valence-corrected chi connectivity index (χ3v) is 2.16. The van der Waals surface area contributed by atoms with Crippen molar-refractivity contribution in [1.82, 2.24) is 5.32 Å². The van der Waals surface area contributed by atoms with Gasteiger partial charge in [-0.2, -0.15) is 0 Å². The third kappa shape index (κ3) is 2.40. The van der Waals surface area contributed by atoms with Gasteiger partial charge >= 0.3 is 5.97 Å². The molecule has 1 heterocycles. The Morgan fingerprint density at radius 2 is 2.38 bits per heavy atom. The van der Waals surface area contributed by atoms with Gasteiger partial charge in [0.05, 0.1) is 19.8 Å². The van der Waals surface area contributed by atoms with Crippen LogP contribution in [0, 0.1) is 5.41 Å². The first-order chi connectivity index (χ1) is 6.21. The molecule has 1 rings (SSSR count). The molecule has 76 valence electrons. The standard InChI is InChI=1S/C8H15NO4/c1-12-3-2-9-4-8(7(10)11)5-13-6-8/h9H,2-6H2,1H3,(H,10,11). The van der Waals surface area contributed by atoms with Crippen LogP contribution in [-0.2, 0) is 14.3 Å². The molecule has 0 saturated carbocycles. The van der Waals surface area contributed by atoms with Crippen molar-refractivity contribution in [3.63, 3.8) is 0 Å². The number of ether oxygens (including phenoxy) is 2. The second kappa shape index (κ2) is 4.55. The molecule has 0 radical (unpaired) electrons. The summed E-state index contributed by atoms with van der Waals surface area (Å²) in [5.41, 5.74) is -0.701. The van der Waals surface area contributed by atoms with Crippen molar-refractivity contribution in [3.05, 3.63) is 0 Å². The smallest absolute Gasteiger partial charge is 0.315 e. The lowest BCUT2D eigenvalue weighted by atomic mass is 9.86. The first-order valence-electron chi connectivity index (χ1n) is 4.22. The lowest BCUT2D eigenvalue weighted by molar-refractivity contribution is -0.178. The van der Waals surface area contributed by atoms with Gasteiger partial charge in [0.25, 0.3) is 0 Å². The van der Waals surface area contributed by atoms with Gasteiger partial charge in [0, 0.05) is 20.2 Å². The van der Waals surface area contributed by atoms with Gasteiger partial charge in [-0.05, 0) is 0 Å². The fourth-order valence-electron chi connectivity index (χ4n) is 1.15. The van der Waals surface area contributed by atoms with E-state index in [0.29, 0.717) is 32.9 Å². The van der Waals surface area contributed by atoms with Crippen molar-refractivity contribution in [2.45, 2.75) is 0 Å². The predicted octanol–water partition coefficient (Wildman–Crippen LogP) is -0.676. The number of hydrogen-bond acceptors (Lipinski definition) is 4. The second-order valence-electron chi connectivity index (χ2n) is 3.25. The molecule has 2 N–H and O–H groups in total. The molecule has 0 bridgehead atoms. The molecule has 0 spiro atoms. The van der Waals surface area contributed by atoms with E-state index >= 15 is 0 Å².